The summed E-state index contributed by atoms with van der Waals surface area (Å²) in [4.78, 5) is 0. The Morgan fingerprint density at radius 3 is 2.38 bits per heavy atom. The number of nitrogens with two attached hydrogens (primary N) is 1. The van der Waals surface area contributed by atoms with Crippen LogP contribution in [0, 0.1) is 0 Å². The second-order valence-corrected chi connectivity index (χ2v) is 4.30. The van der Waals surface area contributed by atoms with Crippen LogP contribution < -0.4 is 5.73 Å². The van der Waals surface area contributed by atoms with E-state index in [0.29, 0.717) is 10.0 Å². The lowest BCUT2D eigenvalue weighted by molar-refractivity contribution is 0.392. The van der Waals surface area contributed by atoms with Crippen molar-refractivity contribution >= 4 is 15.9 Å². The van der Waals surface area contributed by atoms with Crippen molar-refractivity contribution in [1.29, 1.82) is 0 Å². The third-order valence-electron chi connectivity index (χ3n) is 2.43. The fourth-order valence-electron chi connectivity index (χ4n) is 1.36. The molecule has 0 heterocycles. The Morgan fingerprint density at radius 2 is 1.85 bits per heavy atom. The van der Waals surface area contributed by atoms with Gasteiger partial charge in [0.25, 0.3) is 0 Å². The van der Waals surface area contributed by atoms with Crippen molar-refractivity contribution in [2.24, 2.45) is 5.73 Å². The number of halogens is 1. The van der Waals surface area contributed by atoms with Gasteiger partial charge in [0.2, 0.25) is 0 Å². The molecule has 0 saturated heterocycles. The van der Waals surface area contributed by atoms with Crippen molar-refractivity contribution in [2.75, 3.05) is 0 Å². The molecule has 4 N–H and O–H groups in total. The van der Waals surface area contributed by atoms with Crippen LogP contribution in [0.15, 0.2) is 16.6 Å². The molecule has 1 aliphatic carbocycles. The Kier molecular flexibility index (Phi) is 1.78. The highest BCUT2D eigenvalue weighted by atomic mass is 79.9. The molecule has 1 aromatic carbocycles. The Morgan fingerprint density at radius 1 is 1.23 bits per heavy atom. The minimum atomic E-state index is -0.414. The summed E-state index contributed by atoms with van der Waals surface area (Å²) in [5, 5.41) is 19.0. The van der Waals surface area contributed by atoms with Gasteiger partial charge in [0.15, 0.2) is 11.5 Å². The first-order valence-corrected chi connectivity index (χ1v) is 4.84. The van der Waals surface area contributed by atoms with Gasteiger partial charge in [0.05, 0.1) is 4.47 Å². The van der Waals surface area contributed by atoms with Crippen LogP contribution in [0.25, 0.3) is 0 Å². The van der Waals surface area contributed by atoms with Gasteiger partial charge >= 0.3 is 0 Å². The van der Waals surface area contributed by atoms with Crippen molar-refractivity contribution in [3.05, 3.63) is 22.2 Å². The number of benzene rings is 1. The van der Waals surface area contributed by atoms with Gasteiger partial charge in [0, 0.05) is 11.1 Å². The molecule has 0 aliphatic heterocycles. The Bertz CT molecular complexity index is 361. The normalized spacial score (nSPS) is 18.6. The smallest absolute Gasteiger partial charge is 0.172 e. The van der Waals surface area contributed by atoms with E-state index >= 15 is 0 Å². The summed E-state index contributed by atoms with van der Waals surface area (Å²) in [5.41, 5.74) is 6.12. The molecule has 0 spiro atoms. The van der Waals surface area contributed by atoms with Crippen LogP contribution in [-0.4, -0.2) is 10.2 Å². The summed E-state index contributed by atoms with van der Waals surface area (Å²) in [6, 6.07) is 3.43. The van der Waals surface area contributed by atoms with E-state index in [2.05, 4.69) is 15.9 Å². The van der Waals surface area contributed by atoms with Crippen molar-refractivity contribution < 1.29 is 10.2 Å². The van der Waals surface area contributed by atoms with E-state index in [0.717, 1.165) is 12.8 Å². The predicted octanol–water partition coefficient (Wildman–Crippen LogP) is 1.81. The molecule has 1 aromatic rings. The minimum absolute atomic E-state index is 0.102. The first kappa shape index (κ1) is 8.84. The second-order valence-electron chi connectivity index (χ2n) is 3.45. The average Bonchev–Trinajstić information content (AvgIpc) is 2.80. The van der Waals surface area contributed by atoms with Gasteiger partial charge in [-0.05, 0) is 34.8 Å². The summed E-state index contributed by atoms with van der Waals surface area (Å²) in [6.07, 6.45) is 1.73. The van der Waals surface area contributed by atoms with Crippen LogP contribution in [0.5, 0.6) is 11.5 Å². The molecule has 1 fully saturated rings. The van der Waals surface area contributed by atoms with E-state index in [1.54, 1.807) is 12.1 Å². The molecule has 0 aromatic heterocycles. The lowest BCUT2D eigenvalue weighted by atomic mass is 10.0. The standard InChI is InChI=1S/C9H10BrNO2/c10-6-2-1-5(7(12)8(6)13)9(11)3-4-9/h1-2,12-13H,3-4,11H2. The van der Waals surface area contributed by atoms with Crippen LogP contribution >= 0.6 is 15.9 Å². The number of hydrogen-bond acceptors (Lipinski definition) is 3. The molecule has 2 rings (SSSR count). The van der Waals surface area contributed by atoms with Crippen LogP contribution in [0.2, 0.25) is 0 Å². The summed E-state index contributed by atoms with van der Waals surface area (Å²) >= 11 is 3.12. The predicted molar refractivity (Wildman–Crippen MR) is 52.6 cm³/mol. The van der Waals surface area contributed by atoms with Gasteiger partial charge in [-0.25, -0.2) is 0 Å². The zero-order valence-electron chi connectivity index (χ0n) is 6.92. The lowest BCUT2D eigenvalue weighted by Gasteiger charge is -2.12. The van der Waals surface area contributed by atoms with Gasteiger partial charge in [-0.15, -0.1) is 0 Å². The van der Waals surface area contributed by atoms with Gasteiger partial charge in [-0.3, -0.25) is 0 Å². The zero-order valence-corrected chi connectivity index (χ0v) is 8.50. The number of rotatable bonds is 1. The summed E-state index contributed by atoms with van der Waals surface area (Å²) < 4.78 is 0.484. The van der Waals surface area contributed by atoms with Gasteiger partial charge in [0.1, 0.15) is 0 Å². The van der Waals surface area contributed by atoms with Gasteiger partial charge in [-0.2, -0.15) is 0 Å². The Balaban J connectivity index is 2.54. The van der Waals surface area contributed by atoms with E-state index in [9.17, 15) is 10.2 Å². The highest BCUT2D eigenvalue weighted by Crippen LogP contribution is 2.49. The molecule has 0 bridgehead atoms. The minimum Gasteiger partial charge on any atom is -0.504 e. The Hall–Kier alpha value is -0.740. The summed E-state index contributed by atoms with van der Waals surface area (Å²) in [7, 11) is 0. The van der Waals surface area contributed by atoms with Crippen molar-refractivity contribution in [3.8, 4) is 11.5 Å². The van der Waals surface area contributed by atoms with Crippen LogP contribution in [-0.2, 0) is 5.54 Å². The molecule has 3 nitrogen and oxygen atoms in total. The van der Waals surface area contributed by atoms with Crippen LogP contribution in [0.3, 0.4) is 0 Å². The third-order valence-corrected chi connectivity index (χ3v) is 3.07. The van der Waals surface area contributed by atoms with E-state index in [1.165, 1.54) is 0 Å². The van der Waals surface area contributed by atoms with Crippen molar-refractivity contribution in [1.82, 2.24) is 0 Å². The van der Waals surface area contributed by atoms with E-state index in [-0.39, 0.29) is 11.5 Å². The molecule has 1 saturated carbocycles. The first-order valence-electron chi connectivity index (χ1n) is 4.04. The fraction of sp³-hybridized carbons (Fsp3) is 0.333. The van der Waals surface area contributed by atoms with Gasteiger partial charge < -0.3 is 15.9 Å². The van der Waals surface area contributed by atoms with E-state index in [1.807, 2.05) is 0 Å². The van der Waals surface area contributed by atoms with Crippen molar-refractivity contribution in [2.45, 2.75) is 18.4 Å². The molecule has 4 heteroatoms. The fourth-order valence-corrected chi connectivity index (χ4v) is 1.68. The monoisotopic (exact) mass is 243 g/mol. The lowest BCUT2D eigenvalue weighted by Crippen LogP contribution is -2.18. The maximum Gasteiger partial charge on any atom is 0.172 e. The molecule has 0 radical (unpaired) electrons. The molecular weight excluding hydrogens is 234 g/mol. The third kappa shape index (κ3) is 1.30. The zero-order chi connectivity index (χ0) is 9.64. The highest BCUT2D eigenvalue weighted by molar-refractivity contribution is 9.10. The molecule has 0 amide bonds. The van der Waals surface area contributed by atoms with E-state index in [4.69, 9.17) is 5.73 Å². The number of aromatic hydroxyl groups is 2. The van der Waals surface area contributed by atoms with Crippen molar-refractivity contribution in [3.63, 3.8) is 0 Å². The summed E-state index contributed by atoms with van der Waals surface area (Å²) in [5.74, 6) is -0.233. The van der Waals surface area contributed by atoms with E-state index < -0.39 is 5.54 Å². The Labute approximate surface area is 84.3 Å². The molecular formula is C9H10BrNO2. The molecule has 0 unspecified atom stereocenters. The van der Waals surface area contributed by atoms with Gasteiger partial charge in [-0.1, -0.05) is 6.07 Å². The molecule has 0 atom stereocenters. The summed E-state index contributed by atoms with van der Waals surface area (Å²) in [6.45, 7) is 0. The molecule has 70 valence electrons. The average molecular weight is 244 g/mol. The number of phenolic OH excluding ortho intramolecular Hbond substituents is 2. The van der Waals surface area contributed by atoms with Crippen LogP contribution in [0.4, 0.5) is 0 Å². The largest absolute Gasteiger partial charge is 0.504 e. The first-order chi connectivity index (χ1) is 6.04. The highest BCUT2D eigenvalue weighted by Gasteiger charge is 2.42. The quantitative estimate of drug-likeness (QED) is 0.660. The maximum atomic E-state index is 9.59. The molecule has 1 aliphatic rings. The topological polar surface area (TPSA) is 66.5 Å². The molecule has 13 heavy (non-hydrogen) atoms. The SMILES string of the molecule is NC1(c2ccc(Br)c(O)c2O)CC1. The number of hydrogen-bond donors (Lipinski definition) is 3. The number of phenols is 2. The second kappa shape index (κ2) is 2.62. The maximum absolute atomic E-state index is 9.59. The van der Waals surface area contributed by atoms with Crippen LogP contribution in [0.1, 0.15) is 18.4 Å².